The summed E-state index contributed by atoms with van der Waals surface area (Å²) in [7, 11) is 0. The minimum Gasteiger partial charge on any atom is -0.478 e. The van der Waals surface area contributed by atoms with Gasteiger partial charge in [-0.05, 0) is 23.1 Å². The highest BCUT2D eigenvalue weighted by Gasteiger charge is 2.21. The Bertz CT molecular complexity index is 408. The molecule has 4 heteroatoms. The summed E-state index contributed by atoms with van der Waals surface area (Å²) in [5.74, 6) is -1.95. The van der Waals surface area contributed by atoms with Crippen LogP contribution in [0.25, 0.3) is 0 Å². The molecule has 0 spiro atoms. The molecule has 0 aliphatic heterocycles. The highest BCUT2D eigenvalue weighted by atomic mass is 79.9. The Balaban J connectivity index is 3.39. The zero-order chi connectivity index (χ0) is 11.8. The Hall–Kier alpha value is -0.900. The van der Waals surface area contributed by atoms with Crippen molar-refractivity contribution in [3.63, 3.8) is 0 Å². The second-order valence-electron chi connectivity index (χ2n) is 4.37. The summed E-state index contributed by atoms with van der Waals surface area (Å²) in [6.07, 6.45) is 0. The van der Waals surface area contributed by atoms with Crippen molar-refractivity contribution in [2.75, 3.05) is 0 Å². The van der Waals surface area contributed by atoms with Gasteiger partial charge in [-0.1, -0.05) is 36.7 Å². The molecule has 15 heavy (non-hydrogen) atoms. The Kier molecular flexibility index (Phi) is 3.19. The number of carbonyl (C=O) groups is 1. The highest BCUT2D eigenvalue weighted by Crippen LogP contribution is 2.31. The van der Waals surface area contributed by atoms with E-state index in [0.29, 0.717) is 4.47 Å². The van der Waals surface area contributed by atoms with E-state index in [2.05, 4.69) is 15.9 Å². The maximum Gasteiger partial charge on any atom is 0.338 e. The SMILES string of the molecule is CC(C)(C)c1cc(F)c(C(=O)O)cc1Br. The lowest BCUT2D eigenvalue weighted by Gasteiger charge is -2.21. The van der Waals surface area contributed by atoms with Crippen LogP contribution >= 0.6 is 15.9 Å². The van der Waals surface area contributed by atoms with Gasteiger partial charge in [0.15, 0.2) is 0 Å². The summed E-state index contributed by atoms with van der Waals surface area (Å²) in [6, 6.07) is 2.58. The molecule has 1 aromatic rings. The fraction of sp³-hybridized carbons (Fsp3) is 0.364. The Labute approximate surface area is 96.2 Å². The van der Waals surface area contributed by atoms with E-state index in [0.717, 1.165) is 5.56 Å². The third-order valence-corrected chi connectivity index (χ3v) is 2.75. The summed E-state index contributed by atoms with van der Waals surface area (Å²) < 4.78 is 14.0. The molecule has 82 valence electrons. The standard InChI is InChI=1S/C11H12BrFO2/c1-11(2,3)7-5-9(13)6(10(14)15)4-8(7)12/h4-5H,1-3H3,(H,14,15). The van der Waals surface area contributed by atoms with Crippen molar-refractivity contribution < 1.29 is 14.3 Å². The fourth-order valence-corrected chi connectivity index (χ4v) is 2.22. The van der Waals surface area contributed by atoms with Crippen molar-refractivity contribution in [2.24, 2.45) is 0 Å². The van der Waals surface area contributed by atoms with Gasteiger partial charge in [0.25, 0.3) is 0 Å². The number of rotatable bonds is 1. The van der Waals surface area contributed by atoms with Crippen LogP contribution in [0.3, 0.4) is 0 Å². The molecule has 0 saturated heterocycles. The number of aromatic carboxylic acids is 1. The van der Waals surface area contributed by atoms with Crippen LogP contribution in [0.15, 0.2) is 16.6 Å². The van der Waals surface area contributed by atoms with Crippen LogP contribution in [-0.2, 0) is 5.41 Å². The second kappa shape index (κ2) is 3.93. The lowest BCUT2D eigenvalue weighted by molar-refractivity contribution is 0.0691. The van der Waals surface area contributed by atoms with Crippen molar-refractivity contribution in [3.05, 3.63) is 33.5 Å². The van der Waals surface area contributed by atoms with Crippen LogP contribution in [0.4, 0.5) is 4.39 Å². The maximum atomic E-state index is 13.4. The molecule has 0 aromatic heterocycles. The second-order valence-corrected chi connectivity index (χ2v) is 5.22. The molecule has 0 amide bonds. The van der Waals surface area contributed by atoms with E-state index < -0.39 is 11.8 Å². The fourth-order valence-electron chi connectivity index (χ4n) is 1.29. The van der Waals surface area contributed by atoms with Crippen molar-refractivity contribution in [2.45, 2.75) is 26.2 Å². The topological polar surface area (TPSA) is 37.3 Å². The van der Waals surface area contributed by atoms with Crippen LogP contribution in [0.1, 0.15) is 36.7 Å². The molecule has 0 aliphatic rings. The number of hydrogen-bond donors (Lipinski definition) is 1. The van der Waals surface area contributed by atoms with Crippen molar-refractivity contribution >= 4 is 21.9 Å². The van der Waals surface area contributed by atoms with Gasteiger partial charge in [0.05, 0.1) is 5.56 Å². The average Bonchev–Trinajstić information content (AvgIpc) is 2.06. The molecule has 0 bridgehead atoms. The summed E-state index contributed by atoms with van der Waals surface area (Å²) in [6.45, 7) is 5.81. The van der Waals surface area contributed by atoms with E-state index in [9.17, 15) is 9.18 Å². The van der Waals surface area contributed by atoms with Crippen LogP contribution in [0.5, 0.6) is 0 Å². The van der Waals surface area contributed by atoms with Crippen LogP contribution < -0.4 is 0 Å². The monoisotopic (exact) mass is 274 g/mol. The highest BCUT2D eigenvalue weighted by molar-refractivity contribution is 9.10. The van der Waals surface area contributed by atoms with Gasteiger partial charge in [0, 0.05) is 4.47 Å². The molecule has 1 aromatic carbocycles. The number of halogens is 2. The minimum absolute atomic E-state index is 0.225. The van der Waals surface area contributed by atoms with Crippen molar-refractivity contribution in [3.8, 4) is 0 Å². The zero-order valence-corrected chi connectivity index (χ0v) is 10.4. The quantitative estimate of drug-likeness (QED) is 0.850. The first-order chi connectivity index (χ1) is 6.73. The Morgan fingerprint density at radius 2 is 1.93 bits per heavy atom. The number of carboxylic acids is 1. The summed E-state index contributed by atoms with van der Waals surface area (Å²) in [4.78, 5) is 10.7. The van der Waals surface area contributed by atoms with Gasteiger partial charge < -0.3 is 5.11 Å². The molecule has 0 aliphatic carbocycles. The van der Waals surface area contributed by atoms with E-state index in [4.69, 9.17) is 5.11 Å². The molecular weight excluding hydrogens is 263 g/mol. The van der Waals surface area contributed by atoms with E-state index in [1.807, 2.05) is 20.8 Å². The molecule has 0 heterocycles. The molecule has 2 nitrogen and oxygen atoms in total. The summed E-state index contributed by atoms with van der Waals surface area (Å²) in [5.41, 5.74) is 0.219. The smallest absolute Gasteiger partial charge is 0.338 e. The zero-order valence-electron chi connectivity index (χ0n) is 8.77. The van der Waals surface area contributed by atoms with Gasteiger partial charge in [-0.2, -0.15) is 0 Å². The lowest BCUT2D eigenvalue weighted by atomic mass is 9.86. The van der Waals surface area contributed by atoms with Gasteiger partial charge in [-0.15, -0.1) is 0 Å². The van der Waals surface area contributed by atoms with Gasteiger partial charge in [0.2, 0.25) is 0 Å². The van der Waals surface area contributed by atoms with E-state index in [1.54, 1.807) is 0 Å². The predicted molar refractivity (Wildman–Crippen MR) is 59.8 cm³/mol. The Morgan fingerprint density at radius 1 is 1.40 bits per heavy atom. The van der Waals surface area contributed by atoms with Gasteiger partial charge in [0.1, 0.15) is 5.82 Å². The molecule has 0 saturated carbocycles. The first-order valence-corrected chi connectivity index (χ1v) is 5.25. The molecule has 0 fully saturated rings. The van der Waals surface area contributed by atoms with Gasteiger partial charge in [-0.25, -0.2) is 9.18 Å². The largest absolute Gasteiger partial charge is 0.478 e. The third-order valence-electron chi connectivity index (χ3n) is 2.10. The molecular formula is C11H12BrFO2. The van der Waals surface area contributed by atoms with E-state index in [1.165, 1.54) is 12.1 Å². The molecule has 1 N–H and O–H groups in total. The molecule has 1 rings (SSSR count). The molecule has 0 radical (unpaired) electrons. The molecule has 0 unspecified atom stereocenters. The first-order valence-electron chi connectivity index (χ1n) is 4.46. The van der Waals surface area contributed by atoms with Crippen molar-refractivity contribution in [1.29, 1.82) is 0 Å². The summed E-state index contributed by atoms with van der Waals surface area (Å²) >= 11 is 3.26. The predicted octanol–water partition coefficient (Wildman–Crippen LogP) is 3.58. The van der Waals surface area contributed by atoms with Crippen LogP contribution in [0.2, 0.25) is 0 Å². The number of carboxylic acid groups (broad SMARTS) is 1. The van der Waals surface area contributed by atoms with Gasteiger partial charge >= 0.3 is 5.97 Å². The minimum atomic E-state index is -1.26. The summed E-state index contributed by atoms with van der Waals surface area (Å²) in [5, 5.41) is 8.72. The average molecular weight is 275 g/mol. The lowest BCUT2D eigenvalue weighted by Crippen LogP contribution is -2.14. The van der Waals surface area contributed by atoms with Gasteiger partial charge in [-0.3, -0.25) is 0 Å². The number of benzene rings is 1. The van der Waals surface area contributed by atoms with Crippen molar-refractivity contribution in [1.82, 2.24) is 0 Å². The van der Waals surface area contributed by atoms with Crippen LogP contribution in [0, 0.1) is 5.82 Å². The first kappa shape index (κ1) is 12.2. The molecule has 0 atom stereocenters. The number of hydrogen-bond acceptors (Lipinski definition) is 1. The normalized spacial score (nSPS) is 11.5. The third kappa shape index (κ3) is 2.56. The van der Waals surface area contributed by atoms with Crippen LogP contribution in [-0.4, -0.2) is 11.1 Å². The van der Waals surface area contributed by atoms with E-state index in [-0.39, 0.29) is 11.0 Å². The van der Waals surface area contributed by atoms with E-state index >= 15 is 0 Å². The Morgan fingerprint density at radius 3 is 2.33 bits per heavy atom. The maximum absolute atomic E-state index is 13.4.